The van der Waals surface area contributed by atoms with Crippen molar-refractivity contribution in [1.82, 2.24) is 0 Å². The Kier molecular flexibility index (Phi) is 5.66. The lowest BCUT2D eigenvalue weighted by Gasteiger charge is -2.29. The van der Waals surface area contributed by atoms with E-state index in [1.54, 1.807) is 41.3 Å². The molecule has 7 heteroatoms. The van der Waals surface area contributed by atoms with Crippen LogP contribution < -0.4 is 15.0 Å². The molecule has 0 saturated carbocycles. The molecular weight excluding hydrogens is 396 g/mol. The first-order valence-electron chi connectivity index (χ1n) is 9.73. The first-order chi connectivity index (χ1) is 15.0. The van der Waals surface area contributed by atoms with E-state index in [1.807, 2.05) is 36.4 Å². The molecule has 3 aromatic carbocycles. The third kappa shape index (κ3) is 4.72. The molecule has 0 aromatic heterocycles. The van der Waals surface area contributed by atoms with Crippen LogP contribution >= 0.6 is 0 Å². The lowest BCUT2D eigenvalue weighted by atomic mass is 10.1. The van der Waals surface area contributed by atoms with Gasteiger partial charge in [0.05, 0.1) is 18.7 Å². The van der Waals surface area contributed by atoms with Gasteiger partial charge in [-0.3, -0.25) is 14.4 Å². The summed E-state index contributed by atoms with van der Waals surface area (Å²) in [6, 6.07) is 21.1. The molecule has 0 fully saturated rings. The lowest BCUT2D eigenvalue weighted by molar-refractivity contribution is -0.136. The summed E-state index contributed by atoms with van der Waals surface area (Å²) in [4.78, 5) is 37.3. The molecule has 31 heavy (non-hydrogen) atoms. The van der Waals surface area contributed by atoms with Gasteiger partial charge in [-0.05, 0) is 47.5 Å². The van der Waals surface area contributed by atoms with Crippen molar-refractivity contribution in [3.8, 4) is 5.75 Å². The number of aliphatic carboxylic acids is 1. The van der Waals surface area contributed by atoms with Crippen molar-refractivity contribution in [3.63, 3.8) is 0 Å². The quantitative estimate of drug-likeness (QED) is 0.641. The second kappa shape index (κ2) is 8.71. The summed E-state index contributed by atoms with van der Waals surface area (Å²) in [5, 5.41) is 11.6. The third-order valence-electron chi connectivity index (χ3n) is 4.93. The van der Waals surface area contributed by atoms with Crippen molar-refractivity contribution in [2.24, 2.45) is 0 Å². The molecule has 1 aliphatic heterocycles. The summed E-state index contributed by atoms with van der Waals surface area (Å²) in [6.45, 7) is 0.384. The van der Waals surface area contributed by atoms with Crippen molar-refractivity contribution in [2.75, 3.05) is 16.8 Å². The van der Waals surface area contributed by atoms with E-state index in [9.17, 15) is 14.4 Å². The van der Waals surface area contributed by atoms with Gasteiger partial charge in [-0.25, -0.2) is 0 Å². The molecule has 4 rings (SSSR count). The molecule has 2 N–H and O–H groups in total. The zero-order chi connectivity index (χ0) is 21.8. The van der Waals surface area contributed by atoms with Gasteiger partial charge < -0.3 is 20.1 Å². The summed E-state index contributed by atoms with van der Waals surface area (Å²) >= 11 is 0. The van der Waals surface area contributed by atoms with E-state index in [4.69, 9.17) is 9.84 Å². The van der Waals surface area contributed by atoms with Crippen LogP contribution in [0, 0.1) is 0 Å². The number of amides is 2. The smallest absolute Gasteiger partial charge is 0.307 e. The highest BCUT2D eigenvalue weighted by molar-refractivity contribution is 6.04. The number of nitrogens with one attached hydrogen (secondary N) is 1. The number of fused-ring (bicyclic) bond motifs is 1. The number of anilines is 2. The molecule has 2 amide bonds. The van der Waals surface area contributed by atoms with Gasteiger partial charge in [0.25, 0.3) is 11.8 Å². The molecule has 0 saturated heterocycles. The second-order valence-electron chi connectivity index (χ2n) is 7.15. The molecule has 0 atom stereocenters. The van der Waals surface area contributed by atoms with Crippen molar-refractivity contribution in [2.45, 2.75) is 13.0 Å². The molecule has 0 bridgehead atoms. The average Bonchev–Trinajstić information content (AvgIpc) is 2.77. The van der Waals surface area contributed by atoms with Gasteiger partial charge in [0.15, 0.2) is 6.61 Å². The second-order valence-corrected chi connectivity index (χ2v) is 7.15. The fourth-order valence-corrected chi connectivity index (χ4v) is 3.36. The van der Waals surface area contributed by atoms with Crippen molar-refractivity contribution in [1.29, 1.82) is 0 Å². The van der Waals surface area contributed by atoms with Gasteiger partial charge in [0.1, 0.15) is 5.75 Å². The molecule has 0 radical (unpaired) electrons. The Morgan fingerprint density at radius 3 is 2.32 bits per heavy atom. The van der Waals surface area contributed by atoms with Crippen LogP contribution in [0.4, 0.5) is 11.4 Å². The normalized spacial score (nSPS) is 12.6. The largest absolute Gasteiger partial charge is 0.482 e. The predicted octanol–water partition coefficient (Wildman–Crippen LogP) is 3.49. The minimum absolute atomic E-state index is 0.00274. The molecule has 7 nitrogen and oxygen atoms in total. The maximum absolute atomic E-state index is 12.5. The third-order valence-corrected chi connectivity index (χ3v) is 4.93. The van der Waals surface area contributed by atoms with Crippen molar-refractivity contribution < 1.29 is 24.2 Å². The monoisotopic (exact) mass is 416 g/mol. The maximum atomic E-state index is 12.5. The lowest BCUT2D eigenvalue weighted by Crippen LogP contribution is -2.38. The Hall–Kier alpha value is -4.13. The van der Waals surface area contributed by atoms with Gasteiger partial charge in [0.2, 0.25) is 0 Å². The van der Waals surface area contributed by atoms with E-state index in [1.165, 1.54) is 0 Å². The fourth-order valence-electron chi connectivity index (χ4n) is 3.36. The van der Waals surface area contributed by atoms with Gasteiger partial charge in [-0.1, -0.05) is 36.4 Å². The minimum Gasteiger partial charge on any atom is -0.482 e. The van der Waals surface area contributed by atoms with Gasteiger partial charge in [-0.15, -0.1) is 0 Å². The number of carbonyl (C=O) groups excluding carboxylic acids is 2. The minimum atomic E-state index is -0.904. The standard InChI is InChI=1S/C24H20N2O5/c27-22-15-31-21-4-2-1-3-20(21)26(22)14-17-5-9-18(10-6-17)24(30)25-19-11-7-16(8-12-19)13-23(28)29/h1-12H,13-15H2,(H,25,30)(H,28,29). The number of nitrogens with zero attached hydrogens (tertiary/aromatic N) is 1. The van der Waals surface area contributed by atoms with E-state index < -0.39 is 5.97 Å². The van der Waals surface area contributed by atoms with Crippen LogP contribution in [0.15, 0.2) is 72.8 Å². The highest BCUT2D eigenvalue weighted by Crippen LogP contribution is 2.32. The molecule has 0 unspecified atom stereocenters. The van der Waals surface area contributed by atoms with Gasteiger partial charge >= 0.3 is 5.97 Å². The number of hydrogen-bond donors (Lipinski definition) is 2. The first kappa shape index (κ1) is 20.2. The van der Waals surface area contributed by atoms with Crippen LogP contribution in [-0.2, 0) is 22.6 Å². The molecular formula is C24H20N2O5. The summed E-state index contributed by atoms with van der Waals surface area (Å²) < 4.78 is 5.46. The van der Waals surface area contributed by atoms with Crippen LogP contribution in [0.1, 0.15) is 21.5 Å². The molecule has 1 heterocycles. The molecule has 3 aromatic rings. The summed E-state index contributed by atoms with van der Waals surface area (Å²) in [7, 11) is 0. The summed E-state index contributed by atoms with van der Waals surface area (Å²) in [5.41, 5.74) is 3.34. The van der Waals surface area contributed by atoms with Crippen molar-refractivity contribution in [3.05, 3.63) is 89.5 Å². The molecule has 1 aliphatic rings. The molecule has 0 aliphatic carbocycles. The summed E-state index contributed by atoms with van der Waals surface area (Å²) in [6.07, 6.45) is -0.0637. The number of hydrogen-bond acceptors (Lipinski definition) is 4. The van der Waals surface area contributed by atoms with Crippen LogP contribution in [0.3, 0.4) is 0 Å². The average molecular weight is 416 g/mol. The van der Waals surface area contributed by atoms with Gasteiger partial charge in [0, 0.05) is 11.3 Å². The number of benzene rings is 3. The number of para-hydroxylation sites is 2. The van der Waals surface area contributed by atoms with Crippen LogP contribution in [-0.4, -0.2) is 29.5 Å². The Balaban J connectivity index is 1.42. The number of carbonyl (C=O) groups is 3. The Morgan fingerprint density at radius 1 is 0.935 bits per heavy atom. The fraction of sp³-hybridized carbons (Fsp3) is 0.125. The van der Waals surface area contributed by atoms with E-state index in [2.05, 4.69) is 5.32 Å². The van der Waals surface area contributed by atoms with Crippen molar-refractivity contribution >= 4 is 29.2 Å². The number of rotatable bonds is 6. The first-order valence-corrected chi connectivity index (χ1v) is 9.73. The van der Waals surface area contributed by atoms with Gasteiger partial charge in [-0.2, -0.15) is 0 Å². The SMILES string of the molecule is O=C(O)Cc1ccc(NC(=O)c2ccc(CN3C(=O)COc4ccccc43)cc2)cc1. The number of carboxylic acid groups (broad SMARTS) is 1. The predicted molar refractivity (Wildman–Crippen MR) is 115 cm³/mol. The van der Waals surface area contributed by atoms with E-state index in [-0.39, 0.29) is 24.8 Å². The zero-order valence-corrected chi connectivity index (χ0v) is 16.6. The van der Waals surface area contributed by atoms with Crippen LogP contribution in [0.2, 0.25) is 0 Å². The van der Waals surface area contributed by atoms with Crippen LogP contribution in [0.5, 0.6) is 5.75 Å². The molecule has 0 spiro atoms. The van der Waals surface area contributed by atoms with Crippen LogP contribution in [0.25, 0.3) is 0 Å². The topological polar surface area (TPSA) is 95.9 Å². The highest BCUT2D eigenvalue weighted by atomic mass is 16.5. The Labute approximate surface area is 178 Å². The van der Waals surface area contributed by atoms with E-state index in [0.717, 1.165) is 11.3 Å². The number of carboxylic acids is 1. The maximum Gasteiger partial charge on any atom is 0.307 e. The Bertz CT molecular complexity index is 1120. The van der Waals surface area contributed by atoms with E-state index >= 15 is 0 Å². The summed E-state index contributed by atoms with van der Waals surface area (Å²) in [5.74, 6) is -0.621. The zero-order valence-electron chi connectivity index (χ0n) is 16.6. The highest BCUT2D eigenvalue weighted by Gasteiger charge is 2.25. The Morgan fingerprint density at radius 2 is 1.61 bits per heavy atom. The van der Waals surface area contributed by atoms with E-state index in [0.29, 0.717) is 29.1 Å². The number of ether oxygens (including phenoxy) is 1. The molecule has 156 valence electrons.